The van der Waals surface area contributed by atoms with Crippen LogP contribution in [0.4, 0.5) is 0 Å². The standard InChI is InChI=1S/C10H22N2O/c1-3-5-9(4-2)12-10-8-11-6-7-13-10/h9-12H,3-8H2,1-2H3. The zero-order valence-corrected chi connectivity index (χ0v) is 8.81. The lowest BCUT2D eigenvalue weighted by atomic mass is 10.1. The molecule has 0 aromatic rings. The van der Waals surface area contributed by atoms with Gasteiger partial charge in [0.15, 0.2) is 0 Å². The summed E-state index contributed by atoms with van der Waals surface area (Å²) in [5.74, 6) is 0. The molecule has 0 aromatic heterocycles. The van der Waals surface area contributed by atoms with Crippen molar-refractivity contribution in [2.24, 2.45) is 0 Å². The van der Waals surface area contributed by atoms with Gasteiger partial charge in [-0.3, -0.25) is 5.32 Å². The summed E-state index contributed by atoms with van der Waals surface area (Å²) < 4.78 is 5.58. The SMILES string of the molecule is CCCC(CC)NC1CNCCO1. The average molecular weight is 186 g/mol. The normalized spacial score (nSPS) is 25.8. The molecule has 1 aliphatic rings. The third-order valence-electron chi connectivity index (χ3n) is 2.48. The molecule has 3 heteroatoms. The third-order valence-corrected chi connectivity index (χ3v) is 2.48. The fourth-order valence-corrected chi connectivity index (χ4v) is 1.69. The largest absolute Gasteiger partial charge is 0.361 e. The molecule has 2 N–H and O–H groups in total. The highest BCUT2D eigenvalue weighted by Gasteiger charge is 2.15. The van der Waals surface area contributed by atoms with Gasteiger partial charge in [-0.25, -0.2) is 0 Å². The van der Waals surface area contributed by atoms with Crippen LogP contribution in [0.5, 0.6) is 0 Å². The highest BCUT2D eigenvalue weighted by Crippen LogP contribution is 2.03. The molecule has 3 nitrogen and oxygen atoms in total. The molecule has 78 valence electrons. The molecular formula is C10H22N2O. The van der Waals surface area contributed by atoms with Gasteiger partial charge in [0, 0.05) is 19.1 Å². The number of hydrogen-bond acceptors (Lipinski definition) is 3. The van der Waals surface area contributed by atoms with Crippen molar-refractivity contribution in [3.8, 4) is 0 Å². The van der Waals surface area contributed by atoms with E-state index in [0.717, 1.165) is 19.7 Å². The van der Waals surface area contributed by atoms with Crippen LogP contribution in [0.1, 0.15) is 33.1 Å². The highest BCUT2D eigenvalue weighted by atomic mass is 16.5. The maximum absolute atomic E-state index is 5.58. The summed E-state index contributed by atoms with van der Waals surface area (Å²) in [4.78, 5) is 0. The van der Waals surface area contributed by atoms with Gasteiger partial charge in [-0.2, -0.15) is 0 Å². The van der Waals surface area contributed by atoms with Crippen molar-refractivity contribution in [3.63, 3.8) is 0 Å². The molecule has 1 saturated heterocycles. The monoisotopic (exact) mass is 186 g/mol. The minimum Gasteiger partial charge on any atom is -0.361 e. The minimum atomic E-state index is 0.227. The van der Waals surface area contributed by atoms with Crippen LogP contribution in [0, 0.1) is 0 Å². The number of hydrogen-bond donors (Lipinski definition) is 2. The molecule has 2 atom stereocenters. The molecule has 0 amide bonds. The molecule has 1 rings (SSSR count). The predicted octanol–water partition coefficient (Wildman–Crippen LogP) is 1.10. The van der Waals surface area contributed by atoms with E-state index in [0.29, 0.717) is 6.04 Å². The average Bonchev–Trinajstić information content (AvgIpc) is 2.19. The molecule has 1 heterocycles. The van der Waals surface area contributed by atoms with Crippen molar-refractivity contribution in [2.75, 3.05) is 19.7 Å². The minimum absolute atomic E-state index is 0.227. The van der Waals surface area contributed by atoms with Gasteiger partial charge in [-0.1, -0.05) is 20.3 Å². The van der Waals surface area contributed by atoms with E-state index in [2.05, 4.69) is 24.5 Å². The molecule has 1 aliphatic heterocycles. The third kappa shape index (κ3) is 4.07. The first-order valence-corrected chi connectivity index (χ1v) is 5.45. The predicted molar refractivity (Wildman–Crippen MR) is 54.7 cm³/mol. The fraction of sp³-hybridized carbons (Fsp3) is 1.00. The van der Waals surface area contributed by atoms with Crippen LogP contribution in [0.2, 0.25) is 0 Å². The maximum Gasteiger partial charge on any atom is 0.120 e. The summed E-state index contributed by atoms with van der Waals surface area (Å²) in [7, 11) is 0. The van der Waals surface area contributed by atoms with Gasteiger partial charge in [0.05, 0.1) is 6.61 Å². The van der Waals surface area contributed by atoms with Gasteiger partial charge in [-0.15, -0.1) is 0 Å². The van der Waals surface area contributed by atoms with Crippen molar-refractivity contribution in [3.05, 3.63) is 0 Å². The summed E-state index contributed by atoms with van der Waals surface area (Å²) in [5, 5.41) is 6.84. The van der Waals surface area contributed by atoms with Gasteiger partial charge < -0.3 is 10.1 Å². The lowest BCUT2D eigenvalue weighted by Crippen LogP contribution is -2.50. The first kappa shape index (κ1) is 11.0. The van der Waals surface area contributed by atoms with E-state index in [1.165, 1.54) is 19.3 Å². The molecule has 0 radical (unpaired) electrons. The van der Waals surface area contributed by atoms with Crippen LogP contribution in [0.3, 0.4) is 0 Å². The molecule has 1 fully saturated rings. The highest BCUT2D eigenvalue weighted by molar-refractivity contribution is 4.71. The topological polar surface area (TPSA) is 33.3 Å². The zero-order chi connectivity index (χ0) is 9.52. The van der Waals surface area contributed by atoms with Gasteiger partial charge >= 0.3 is 0 Å². The van der Waals surface area contributed by atoms with E-state index in [-0.39, 0.29) is 6.23 Å². The van der Waals surface area contributed by atoms with Gasteiger partial charge in [-0.05, 0) is 12.8 Å². The smallest absolute Gasteiger partial charge is 0.120 e. The van der Waals surface area contributed by atoms with Crippen LogP contribution in [-0.2, 0) is 4.74 Å². The van der Waals surface area contributed by atoms with E-state index in [9.17, 15) is 0 Å². The van der Waals surface area contributed by atoms with Gasteiger partial charge in [0.25, 0.3) is 0 Å². The van der Waals surface area contributed by atoms with Crippen molar-refractivity contribution < 1.29 is 4.74 Å². The fourth-order valence-electron chi connectivity index (χ4n) is 1.69. The summed E-state index contributed by atoms with van der Waals surface area (Å²) in [6, 6.07) is 0.620. The lowest BCUT2D eigenvalue weighted by Gasteiger charge is -2.28. The van der Waals surface area contributed by atoms with Crippen LogP contribution in [-0.4, -0.2) is 32.0 Å². The van der Waals surface area contributed by atoms with Crippen molar-refractivity contribution >= 4 is 0 Å². The second kappa shape index (κ2) is 6.35. The van der Waals surface area contributed by atoms with Crippen LogP contribution >= 0.6 is 0 Å². The molecule has 13 heavy (non-hydrogen) atoms. The maximum atomic E-state index is 5.58. The Morgan fingerprint density at radius 3 is 2.92 bits per heavy atom. The molecule has 0 spiro atoms. The first-order chi connectivity index (χ1) is 6.36. The Morgan fingerprint density at radius 2 is 2.38 bits per heavy atom. The lowest BCUT2D eigenvalue weighted by molar-refractivity contribution is -0.00143. The first-order valence-electron chi connectivity index (χ1n) is 5.45. The summed E-state index contributed by atoms with van der Waals surface area (Å²) in [6.07, 6.45) is 3.90. The van der Waals surface area contributed by atoms with Gasteiger partial charge in [0.1, 0.15) is 6.23 Å². The Hall–Kier alpha value is -0.120. The molecule has 0 aliphatic carbocycles. The zero-order valence-electron chi connectivity index (χ0n) is 8.81. The Bertz CT molecular complexity index is 121. The molecular weight excluding hydrogens is 164 g/mol. The van der Waals surface area contributed by atoms with Crippen LogP contribution in [0.25, 0.3) is 0 Å². The quantitative estimate of drug-likeness (QED) is 0.674. The van der Waals surface area contributed by atoms with E-state index >= 15 is 0 Å². The van der Waals surface area contributed by atoms with Crippen LogP contribution in [0.15, 0.2) is 0 Å². The van der Waals surface area contributed by atoms with E-state index < -0.39 is 0 Å². The number of ether oxygens (including phenoxy) is 1. The van der Waals surface area contributed by atoms with Crippen molar-refractivity contribution in [2.45, 2.75) is 45.4 Å². The Labute approximate surface area is 81.2 Å². The van der Waals surface area contributed by atoms with Gasteiger partial charge in [0.2, 0.25) is 0 Å². The molecule has 0 aromatic carbocycles. The van der Waals surface area contributed by atoms with Crippen molar-refractivity contribution in [1.82, 2.24) is 10.6 Å². The molecule has 0 saturated carbocycles. The summed E-state index contributed by atoms with van der Waals surface area (Å²) in [5.41, 5.74) is 0. The number of morpholine rings is 1. The second-order valence-corrected chi connectivity index (χ2v) is 3.62. The second-order valence-electron chi connectivity index (χ2n) is 3.62. The molecule has 0 bridgehead atoms. The van der Waals surface area contributed by atoms with Crippen LogP contribution < -0.4 is 10.6 Å². The Morgan fingerprint density at radius 1 is 1.54 bits per heavy atom. The number of rotatable bonds is 5. The Balaban J connectivity index is 2.18. The van der Waals surface area contributed by atoms with Crippen molar-refractivity contribution in [1.29, 1.82) is 0 Å². The number of nitrogens with one attached hydrogen (secondary N) is 2. The molecule has 2 unspecified atom stereocenters. The Kier molecular flexibility index (Phi) is 5.35. The van der Waals surface area contributed by atoms with E-state index in [1.54, 1.807) is 0 Å². The summed E-state index contributed by atoms with van der Waals surface area (Å²) in [6.45, 7) is 7.22. The van der Waals surface area contributed by atoms with E-state index in [4.69, 9.17) is 4.74 Å². The summed E-state index contributed by atoms with van der Waals surface area (Å²) >= 11 is 0. The van der Waals surface area contributed by atoms with E-state index in [1.807, 2.05) is 0 Å².